The monoisotopic (exact) mass is 392 g/mol. The lowest BCUT2D eigenvalue weighted by atomic mass is 9.89. The van der Waals surface area contributed by atoms with Crippen LogP contribution in [0.4, 0.5) is 0 Å². The van der Waals surface area contributed by atoms with Crippen molar-refractivity contribution >= 4 is 16.0 Å². The van der Waals surface area contributed by atoms with E-state index >= 15 is 0 Å². The summed E-state index contributed by atoms with van der Waals surface area (Å²) in [5.41, 5.74) is 0. The Kier molecular flexibility index (Phi) is 4.39. The van der Waals surface area contributed by atoms with E-state index in [1.165, 1.54) is 22.8 Å². The molecule has 9 nitrogen and oxygen atoms in total. The van der Waals surface area contributed by atoms with Crippen LogP contribution in [0.25, 0.3) is 0 Å². The number of rotatable bonds is 6. The predicted octanol–water partition coefficient (Wildman–Crippen LogP) is 1.02. The van der Waals surface area contributed by atoms with E-state index in [9.17, 15) is 18.3 Å². The topological polar surface area (TPSA) is 115 Å². The molecular weight excluding hydrogens is 372 g/mol. The first-order valence-corrected chi connectivity index (χ1v) is 10.1. The zero-order chi connectivity index (χ0) is 19.2. The first-order valence-electron chi connectivity index (χ1n) is 8.70. The summed E-state index contributed by atoms with van der Waals surface area (Å²) >= 11 is 0. The van der Waals surface area contributed by atoms with Gasteiger partial charge in [0.15, 0.2) is 5.82 Å². The van der Waals surface area contributed by atoms with E-state index in [1.807, 2.05) is 0 Å². The summed E-state index contributed by atoms with van der Waals surface area (Å²) in [5.74, 6) is -0.368. The van der Waals surface area contributed by atoms with Gasteiger partial charge in [0.25, 0.3) is 0 Å². The number of carboxylic acids is 1. The third-order valence-electron chi connectivity index (χ3n) is 5.36. The number of hydrogen-bond donors (Lipinski definition) is 1. The summed E-state index contributed by atoms with van der Waals surface area (Å²) < 4.78 is 34.7. The second-order valence-corrected chi connectivity index (χ2v) is 8.72. The van der Waals surface area contributed by atoms with E-state index in [1.54, 1.807) is 23.9 Å². The molecule has 0 amide bonds. The normalized spacial score (nSPS) is 25.0. The van der Waals surface area contributed by atoms with E-state index in [0.717, 1.165) is 0 Å². The molecular formula is C17H20N4O5S. The van der Waals surface area contributed by atoms with Gasteiger partial charge in [-0.05, 0) is 43.5 Å². The Bertz CT molecular complexity index is 956. The quantitative estimate of drug-likeness (QED) is 0.780. The number of hydrogen-bond acceptors (Lipinski definition) is 6. The number of aromatic nitrogens is 3. The Balaban J connectivity index is 1.50. The molecule has 1 aromatic carbocycles. The van der Waals surface area contributed by atoms with Crippen LogP contribution in [0.15, 0.2) is 35.5 Å². The number of carbonyl (C=O) groups is 1. The number of aliphatic carboxylic acids is 1. The Hall–Kier alpha value is -2.46. The van der Waals surface area contributed by atoms with E-state index in [0.29, 0.717) is 30.8 Å². The van der Waals surface area contributed by atoms with Crippen molar-refractivity contribution in [2.45, 2.75) is 42.8 Å². The fourth-order valence-electron chi connectivity index (χ4n) is 4.01. The van der Waals surface area contributed by atoms with E-state index in [-0.39, 0.29) is 17.5 Å². The van der Waals surface area contributed by atoms with Crippen molar-refractivity contribution in [1.29, 1.82) is 0 Å². The summed E-state index contributed by atoms with van der Waals surface area (Å²) in [6.45, 7) is 0.221. The Morgan fingerprint density at radius 2 is 2.04 bits per heavy atom. The molecule has 0 aliphatic carbocycles. The van der Waals surface area contributed by atoms with E-state index in [4.69, 9.17) is 4.74 Å². The van der Waals surface area contributed by atoms with Crippen LogP contribution < -0.4 is 4.74 Å². The Morgan fingerprint density at radius 3 is 2.63 bits per heavy atom. The van der Waals surface area contributed by atoms with Crippen LogP contribution in [0.1, 0.15) is 25.1 Å². The zero-order valence-corrected chi connectivity index (χ0v) is 15.5. The Labute approximate surface area is 156 Å². The maximum atomic E-state index is 13.0. The summed E-state index contributed by atoms with van der Waals surface area (Å²) in [6, 6.07) is 5.49. The van der Waals surface area contributed by atoms with Gasteiger partial charge in [-0.25, -0.2) is 13.4 Å². The second-order valence-electron chi connectivity index (χ2n) is 6.87. The van der Waals surface area contributed by atoms with Crippen molar-refractivity contribution in [2.75, 3.05) is 0 Å². The van der Waals surface area contributed by atoms with Crippen molar-refractivity contribution < 1.29 is 23.1 Å². The molecule has 3 unspecified atom stereocenters. The third kappa shape index (κ3) is 3.08. The summed E-state index contributed by atoms with van der Waals surface area (Å²) in [4.78, 5) is 15.6. The summed E-state index contributed by atoms with van der Waals surface area (Å²) in [5, 5.41) is 13.3. The molecule has 4 rings (SSSR count). The molecule has 2 fully saturated rings. The Morgan fingerprint density at radius 1 is 1.30 bits per heavy atom. The number of benzene rings is 1. The molecule has 144 valence electrons. The highest BCUT2D eigenvalue weighted by Gasteiger charge is 2.54. The number of sulfonamides is 1. The fraction of sp³-hybridized carbons (Fsp3) is 0.471. The minimum Gasteiger partial charge on any atom is -0.486 e. The van der Waals surface area contributed by atoms with Gasteiger partial charge in [0.2, 0.25) is 10.0 Å². The maximum Gasteiger partial charge on any atom is 0.308 e. The molecule has 2 aliphatic rings. The molecule has 2 bridgehead atoms. The van der Waals surface area contributed by atoms with Gasteiger partial charge in [-0.2, -0.15) is 9.40 Å². The molecule has 10 heteroatoms. The number of aryl methyl sites for hydroxylation is 1. The van der Waals surface area contributed by atoms with Gasteiger partial charge in [0.1, 0.15) is 18.7 Å². The number of fused-ring (bicyclic) bond motifs is 2. The van der Waals surface area contributed by atoms with Crippen LogP contribution in [0, 0.1) is 5.92 Å². The number of ether oxygens (including phenoxy) is 1. The van der Waals surface area contributed by atoms with Crippen LogP contribution in [0.3, 0.4) is 0 Å². The predicted molar refractivity (Wildman–Crippen MR) is 93.4 cm³/mol. The van der Waals surface area contributed by atoms with Crippen molar-refractivity contribution in [3.63, 3.8) is 0 Å². The molecule has 2 aromatic rings. The SMILES string of the molecule is Cn1ncnc1COc1ccc(S(=O)(=O)N2C3CCC2C(C(=O)O)C3)cc1. The molecule has 3 heterocycles. The van der Waals surface area contributed by atoms with Crippen molar-refractivity contribution in [3.8, 4) is 5.75 Å². The molecule has 0 radical (unpaired) electrons. The molecule has 1 aromatic heterocycles. The molecule has 2 aliphatic heterocycles. The highest BCUT2D eigenvalue weighted by molar-refractivity contribution is 7.89. The van der Waals surface area contributed by atoms with Crippen LogP contribution in [-0.2, 0) is 28.5 Å². The van der Waals surface area contributed by atoms with Crippen molar-refractivity contribution in [3.05, 3.63) is 36.4 Å². The average molecular weight is 392 g/mol. The van der Waals surface area contributed by atoms with Gasteiger partial charge < -0.3 is 9.84 Å². The molecule has 3 atom stereocenters. The standard InChI is InChI=1S/C17H20N4O5S/c1-20-16(18-10-19-20)9-26-12-3-5-13(6-4-12)27(24,25)21-11-2-7-15(21)14(8-11)17(22)23/h3-6,10-11,14-15H,2,7-9H2,1H3,(H,22,23). The molecule has 27 heavy (non-hydrogen) atoms. The first-order chi connectivity index (χ1) is 12.9. The van der Waals surface area contributed by atoms with Gasteiger partial charge in [-0.1, -0.05) is 0 Å². The number of nitrogens with zero attached hydrogens (tertiary/aromatic N) is 4. The first kappa shape index (κ1) is 17.9. The average Bonchev–Trinajstić information content (AvgIpc) is 3.35. The van der Waals surface area contributed by atoms with E-state index in [2.05, 4.69) is 10.1 Å². The van der Waals surface area contributed by atoms with Crippen LogP contribution in [-0.4, -0.2) is 50.6 Å². The van der Waals surface area contributed by atoms with Crippen molar-refractivity contribution in [2.24, 2.45) is 13.0 Å². The van der Waals surface area contributed by atoms with Crippen LogP contribution in [0.5, 0.6) is 5.75 Å². The van der Waals surface area contributed by atoms with Gasteiger partial charge in [-0.15, -0.1) is 0 Å². The third-order valence-corrected chi connectivity index (χ3v) is 7.35. The minimum atomic E-state index is -3.73. The lowest BCUT2D eigenvalue weighted by molar-refractivity contribution is -0.142. The molecule has 2 saturated heterocycles. The molecule has 0 saturated carbocycles. The van der Waals surface area contributed by atoms with Crippen LogP contribution >= 0.6 is 0 Å². The largest absolute Gasteiger partial charge is 0.486 e. The van der Waals surface area contributed by atoms with Gasteiger partial charge >= 0.3 is 5.97 Å². The van der Waals surface area contributed by atoms with E-state index < -0.39 is 28.0 Å². The fourth-order valence-corrected chi connectivity index (χ4v) is 5.92. The lowest BCUT2D eigenvalue weighted by Crippen LogP contribution is -2.37. The molecule has 0 spiro atoms. The highest BCUT2D eigenvalue weighted by atomic mass is 32.2. The van der Waals surface area contributed by atoms with Crippen molar-refractivity contribution in [1.82, 2.24) is 19.1 Å². The lowest BCUT2D eigenvalue weighted by Gasteiger charge is -2.22. The highest BCUT2D eigenvalue weighted by Crippen LogP contribution is 2.45. The van der Waals surface area contributed by atoms with Gasteiger partial charge in [0.05, 0.1) is 10.8 Å². The molecule has 1 N–H and O–H groups in total. The zero-order valence-electron chi connectivity index (χ0n) is 14.7. The van der Waals surface area contributed by atoms with Gasteiger partial charge in [0, 0.05) is 19.1 Å². The van der Waals surface area contributed by atoms with Gasteiger partial charge in [-0.3, -0.25) is 9.48 Å². The number of carboxylic acid groups (broad SMARTS) is 1. The summed E-state index contributed by atoms with van der Waals surface area (Å²) in [6.07, 6.45) is 3.13. The minimum absolute atomic E-state index is 0.149. The second kappa shape index (κ2) is 6.61. The summed E-state index contributed by atoms with van der Waals surface area (Å²) in [7, 11) is -1.97. The maximum absolute atomic E-state index is 13.0. The smallest absolute Gasteiger partial charge is 0.308 e. The van der Waals surface area contributed by atoms with Crippen LogP contribution in [0.2, 0.25) is 0 Å².